The summed E-state index contributed by atoms with van der Waals surface area (Å²) in [4.78, 5) is 0. The van der Waals surface area contributed by atoms with Crippen molar-refractivity contribution in [2.24, 2.45) is 0 Å². The van der Waals surface area contributed by atoms with Crippen LogP contribution >= 0.6 is 11.8 Å². The smallest absolute Gasteiger partial charge is 0.167 e. The third-order valence-electron chi connectivity index (χ3n) is 1.80. The van der Waals surface area contributed by atoms with E-state index in [-0.39, 0.29) is 11.4 Å². The van der Waals surface area contributed by atoms with Crippen LogP contribution in [0.25, 0.3) is 0 Å². The Morgan fingerprint density at radius 1 is 1.33 bits per heavy atom. The second kappa shape index (κ2) is 5.80. The number of benzene rings is 1. The first kappa shape index (κ1) is 12.1. The van der Waals surface area contributed by atoms with Gasteiger partial charge in [-0.15, -0.1) is 0 Å². The molecule has 1 aromatic carbocycles. The largest absolute Gasteiger partial charge is 0.490 e. The van der Waals surface area contributed by atoms with Crippen LogP contribution in [0.1, 0.15) is 6.42 Å². The van der Waals surface area contributed by atoms with E-state index in [9.17, 15) is 8.78 Å². The van der Waals surface area contributed by atoms with E-state index in [0.29, 0.717) is 6.61 Å². The molecular formula is C10H13F2NOS. The minimum absolute atomic E-state index is 0.0807. The van der Waals surface area contributed by atoms with Crippen LogP contribution < -0.4 is 10.5 Å². The van der Waals surface area contributed by atoms with Crippen LogP contribution in [-0.4, -0.2) is 18.6 Å². The summed E-state index contributed by atoms with van der Waals surface area (Å²) < 4.78 is 31.2. The van der Waals surface area contributed by atoms with E-state index in [4.69, 9.17) is 10.5 Å². The van der Waals surface area contributed by atoms with Crippen molar-refractivity contribution in [2.75, 3.05) is 24.3 Å². The molecule has 0 heterocycles. The number of nitrogens with two attached hydrogens (primary N) is 1. The molecule has 1 aromatic rings. The summed E-state index contributed by atoms with van der Waals surface area (Å²) in [6.07, 6.45) is 2.77. The molecule has 0 spiro atoms. The average molecular weight is 233 g/mol. The Hall–Kier alpha value is -0.970. The number of anilines is 1. The Kier molecular flexibility index (Phi) is 4.68. The Bertz CT molecular complexity index is 333. The zero-order valence-electron chi connectivity index (χ0n) is 8.43. The first-order valence-corrected chi connectivity index (χ1v) is 5.90. The second-order valence-corrected chi connectivity index (χ2v) is 3.98. The van der Waals surface area contributed by atoms with Crippen LogP contribution in [0.3, 0.4) is 0 Å². The highest BCUT2D eigenvalue weighted by Gasteiger charge is 2.08. The highest BCUT2D eigenvalue weighted by Crippen LogP contribution is 2.22. The Morgan fingerprint density at radius 3 is 2.73 bits per heavy atom. The van der Waals surface area contributed by atoms with Gasteiger partial charge in [-0.25, -0.2) is 8.78 Å². The van der Waals surface area contributed by atoms with Gasteiger partial charge in [-0.2, -0.15) is 11.8 Å². The summed E-state index contributed by atoms with van der Waals surface area (Å²) in [6, 6.07) is 1.91. The SMILES string of the molecule is CSCCCOc1cc(F)c(N)cc1F. The van der Waals surface area contributed by atoms with Gasteiger partial charge in [-0.05, 0) is 18.4 Å². The van der Waals surface area contributed by atoms with Crippen molar-refractivity contribution < 1.29 is 13.5 Å². The number of ether oxygens (including phenoxy) is 1. The minimum atomic E-state index is -0.656. The fourth-order valence-corrected chi connectivity index (χ4v) is 1.45. The number of nitrogen functional groups attached to an aromatic ring is 1. The molecule has 0 aliphatic heterocycles. The molecule has 2 nitrogen and oxygen atoms in total. The van der Waals surface area contributed by atoms with Crippen molar-refractivity contribution >= 4 is 17.4 Å². The van der Waals surface area contributed by atoms with Gasteiger partial charge in [-0.3, -0.25) is 0 Å². The molecule has 0 aliphatic rings. The van der Waals surface area contributed by atoms with Gasteiger partial charge in [0.2, 0.25) is 0 Å². The highest BCUT2D eigenvalue weighted by atomic mass is 32.2. The zero-order valence-corrected chi connectivity index (χ0v) is 9.24. The van der Waals surface area contributed by atoms with E-state index in [0.717, 1.165) is 24.3 Å². The van der Waals surface area contributed by atoms with E-state index in [1.54, 1.807) is 11.8 Å². The summed E-state index contributed by atoms with van der Waals surface area (Å²) in [5.74, 6) is -0.434. The fraction of sp³-hybridized carbons (Fsp3) is 0.400. The average Bonchev–Trinajstić information content (AvgIpc) is 2.20. The molecule has 84 valence electrons. The fourth-order valence-electron chi connectivity index (χ4n) is 1.04. The van der Waals surface area contributed by atoms with Gasteiger partial charge in [0, 0.05) is 12.1 Å². The van der Waals surface area contributed by atoms with E-state index in [2.05, 4.69) is 0 Å². The van der Waals surface area contributed by atoms with Gasteiger partial charge in [-0.1, -0.05) is 0 Å². The summed E-state index contributed by atoms with van der Waals surface area (Å²) in [5, 5.41) is 0. The van der Waals surface area contributed by atoms with Gasteiger partial charge < -0.3 is 10.5 Å². The van der Waals surface area contributed by atoms with E-state index in [1.807, 2.05) is 6.26 Å². The van der Waals surface area contributed by atoms with Gasteiger partial charge in [0.15, 0.2) is 11.6 Å². The minimum Gasteiger partial charge on any atom is -0.490 e. The lowest BCUT2D eigenvalue weighted by atomic mass is 10.3. The number of hydrogen-bond acceptors (Lipinski definition) is 3. The zero-order chi connectivity index (χ0) is 11.3. The van der Waals surface area contributed by atoms with Crippen LogP contribution in [-0.2, 0) is 0 Å². The van der Waals surface area contributed by atoms with Crippen molar-refractivity contribution in [2.45, 2.75) is 6.42 Å². The maximum atomic E-state index is 13.2. The number of rotatable bonds is 5. The monoisotopic (exact) mass is 233 g/mol. The topological polar surface area (TPSA) is 35.2 Å². The molecule has 0 saturated carbocycles. The molecule has 0 bridgehead atoms. The Labute approximate surface area is 91.8 Å². The lowest BCUT2D eigenvalue weighted by Gasteiger charge is -2.07. The molecule has 0 unspecified atom stereocenters. The summed E-state index contributed by atoms with van der Waals surface area (Å²) in [5.41, 5.74) is 4.99. The number of thioether (sulfide) groups is 1. The maximum Gasteiger partial charge on any atom is 0.167 e. The van der Waals surface area contributed by atoms with Crippen LogP contribution in [0.15, 0.2) is 12.1 Å². The first-order valence-electron chi connectivity index (χ1n) is 4.51. The van der Waals surface area contributed by atoms with Crippen molar-refractivity contribution in [1.29, 1.82) is 0 Å². The van der Waals surface area contributed by atoms with E-state index >= 15 is 0 Å². The van der Waals surface area contributed by atoms with Gasteiger partial charge in [0.25, 0.3) is 0 Å². The lowest BCUT2D eigenvalue weighted by Crippen LogP contribution is -2.02. The van der Waals surface area contributed by atoms with Crippen LogP contribution in [0.4, 0.5) is 14.5 Å². The summed E-state index contributed by atoms with van der Waals surface area (Å²) >= 11 is 1.68. The first-order chi connectivity index (χ1) is 7.15. The van der Waals surface area contributed by atoms with Crippen LogP contribution in [0, 0.1) is 11.6 Å². The molecule has 0 saturated heterocycles. The normalized spacial score (nSPS) is 10.3. The van der Waals surface area contributed by atoms with Gasteiger partial charge in [0.05, 0.1) is 12.3 Å². The molecule has 0 fully saturated rings. The molecule has 5 heteroatoms. The highest BCUT2D eigenvalue weighted by molar-refractivity contribution is 7.98. The van der Waals surface area contributed by atoms with Crippen molar-refractivity contribution in [3.05, 3.63) is 23.8 Å². The van der Waals surface area contributed by atoms with Crippen molar-refractivity contribution in [1.82, 2.24) is 0 Å². The molecular weight excluding hydrogens is 220 g/mol. The van der Waals surface area contributed by atoms with Crippen molar-refractivity contribution in [3.8, 4) is 5.75 Å². The van der Waals surface area contributed by atoms with Gasteiger partial charge in [0.1, 0.15) is 5.82 Å². The van der Waals surface area contributed by atoms with Crippen LogP contribution in [0.2, 0.25) is 0 Å². The standard InChI is InChI=1S/C10H13F2NOS/c1-15-4-2-3-14-10-6-7(11)9(13)5-8(10)12/h5-6H,2-4,13H2,1H3. The van der Waals surface area contributed by atoms with E-state index in [1.165, 1.54) is 0 Å². The molecule has 0 amide bonds. The Balaban J connectivity index is 2.57. The van der Waals surface area contributed by atoms with Gasteiger partial charge >= 0.3 is 0 Å². The molecule has 15 heavy (non-hydrogen) atoms. The van der Waals surface area contributed by atoms with E-state index < -0.39 is 11.6 Å². The number of hydrogen-bond donors (Lipinski definition) is 1. The lowest BCUT2D eigenvalue weighted by molar-refractivity contribution is 0.301. The predicted octanol–water partition coefficient (Wildman–Crippen LogP) is 2.68. The second-order valence-electron chi connectivity index (χ2n) is 3.00. The molecule has 2 N–H and O–H groups in total. The molecule has 1 rings (SSSR count). The Morgan fingerprint density at radius 2 is 2.07 bits per heavy atom. The third kappa shape index (κ3) is 3.58. The predicted molar refractivity (Wildman–Crippen MR) is 59.3 cm³/mol. The maximum absolute atomic E-state index is 13.2. The molecule has 0 aliphatic carbocycles. The van der Waals surface area contributed by atoms with Crippen molar-refractivity contribution in [3.63, 3.8) is 0 Å². The third-order valence-corrected chi connectivity index (χ3v) is 2.50. The quantitative estimate of drug-likeness (QED) is 0.627. The summed E-state index contributed by atoms with van der Waals surface area (Å²) in [6.45, 7) is 0.376. The molecule has 0 radical (unpaired) electrons. The number of halogens is 2. The van der Waals surface area contributed by atoms with Crippen LogP contribution in [0.5, 0.6) is 5.75 Å². The molecule has 0 aromatic heterocycles. The molecule has 0 atom stereocenters. The summed E-state index contributed by atoms with van der Waals surface area (Å²) in [7, 11) is 0.